The SMILES string of the molecule is CCNc1c(C)ccc2c1Cc1cc(C)ccc1O2. The molecular formula is C17H19NO. The van der Waals surface area contributed by atoms with E-state index in [-0.39, 0.29) is 0 Å². The van der Waals surface area contributed by atoms with Crippen molar-refractivity contribution in [3.05, 3.63) is 52.6 Å². The van der Waals surface area contributed by atoms with Gasteiger partial charge in [0.15, 0.2) is 0 Å². The molecule has 2 nitrogen and oxygen atoms in total. The molecule has 1 heterocycles. The highest BCUT2D eigenvalue weighted by atomic mass is 16.5. The Balaban J connectivity index is 2.09. The summed E-state index contributed by atoms with van der Waals surface area (Å²) in [5, 5.41) is 3.47. The maximum Gasteiger partial charge on any atom is 0.133 e. The summed E-state index contributed by atoms with van der Waals surface area (Å²) in [6, 6.07) is 10.6. The van der Waals surface area contributed by atoms with Crippen molar-refractivity contribution in [2.45, 2.75) is 27.2 Å². The van der Waals surface area contributed by atoms with Gasteiger partial charge in [-0.1, -0.05) is 23.8 Å². The van der Waals surface area contributed by atoms with Crippen molar-refractivity contribution in [2.75, 3.05) is 11.9 Å². The van der Waals surface area contributed by atoms with E-state index in [9.17, 15) is 0 Å². The number of hydrogen-bond acceptors (Lipinski definition) is 2. The Bertz CT molecular complexity index is 631. The highest BCUT2D eigenvalue weighted by molar-refractivity contribution is 5.66. The van der Waals surface area contributed by atoms with E-state index in [1.165, 1.54) is 27.9 Å². The zero-order valence-electron chi connectivity index (χ0n) is 11.7. The maximum atomic E-state index is 6.03. The van der Waals surface area contributed by atoms with Gasteiger partial charge in [0, 0.05) is 24.2 Å². The molecule has 0 amide bonds. The molecule has 0 unspecified atom stereocenters. The van der Waals surface area contributed by atoms with Crippen LogP contribution in [0.5, 0.6) is 11.5 Å². The number of ether oxygens (including phenoxy) is 1. The van der Waals surface area contributed by atoms with E-state index < -0.39 is 0 Å². The molecule has 3 rings (SSSR count). The number of rotatable bonds is 2. The molecular weight excluding hydrogens is 234 g/mol. The Morgan fingerprint density at radius 3 is 2.68 bits per heavy atom. The normalized spacial score (nSPS) is 12.4. The predicted octanol–water partition coefficient (Wildman–Crippen LogP) is 4.43. The van der Waals surface area contributed by atoms with Crippen molar-refractivity contribution in [3.63, 3.8) is 0 Å². The first-order valence-electron chi connectivity index (χ1n) is 6.82. The average molecular weight is 253 g/mol. The molecule has 2 aromatic carbocycles. The quantitative estimate of drug-likeness (QED) is 0.729. The number of benzene rings is 2. The van der Waals surface area contributed by atoms with Gasteiger partial charge in [0.2, 0.25) is 0 Å². The van der Waals surface area contributed by atoms with Crippen molar-refractivity contribution in [3.8, 4) is 11.5 Å². The van der Waals surface area contributed by atoms with Crippen LogP contribution in [0.15, 0.2) is 30.3 Å². The third kappa shape index (κ3) is 2.07. The van der Waals surface area contributed by atoms with Crippen LogP contribution in [-0.4, -0.2) is 6.54 Å². The standard InChI is InChI=1S/C17H19NO/c1-4-18-17-12(3)6-8-16-14(17)10-13-9-11(2)5-7-15(13)19-16/h5-9,18H,4,10H2,1-3H3. The zero-order chi connectivity index (χ0) is 13.4. The molecule has 0 bridgehead atoms. The van der Waals surface area contributed by atoms with Crippen LogP contribution >= 0.6 is 0 Å². The Kier molecular flexibility index (Phi) is 2.94. The molecule has 0 atom stereocenters. The van der Waals surface area contributed by atoms with Gasteiger partial charge in [0.1, 0.15) is 11.5 Å². The number of hydrogen-bond donors (Lipinski definition) is 1. The minimum atomic E-state index is 0.929. The van der Waals surface area contributed by atoms with E-state index in [2.05, 4.69) is 56.4 Å². The van der Waals surface area contributed by atoms with E-state index >= 15 is 0 Å². The second-order valence-electron chi connectivity index (χ2n) is 5.15. The molecule has 98 valence electrons. The number of aryl methyl sites for hydroxylation is 2. The average Bonchev–Trinajstić information content (AvgIpc) is 2.40. The van der Waals surface area contributed by atoms with Gasteiger partial charge in [0.25, 0.3) is 0 Å². The Labute approximate surface area is 114 Å². The third-order valence-corrected chi connectivity index (χ3v) is 3.63. The lowest BCUT2D eigenvalue weighted by atomic mass is 9.95. The summed E-state index contributed by atoms with van der Waals surface area (Å²) in [6.07, 6.45) is 0.941. The molecule has 0 aliphatic carbocycles. The molecule has 0 spiro atoms. The lowest BCUT2D eigenvalue weighted by Gasteiger charge is -2.24. The van der Waals surface area contributed by atoms with Gasteiger partial charge < -0.3 is 10.1 Å². The van der Waals surface area contributed by atoms with Gasteiger partial charge in [-0.15, -0.1) is 0 Å². The fourth-order valence-electron chi connectivity index (χ4n) is 2.69. The Morgan fingerprint density at radius 1 is 1.11 bits per heavy atom. The monoisotopic (exact) mass is 253 g/mol. The topological polar surface area (TPSA) is 21.3 Å². The van der Waals surface area contributed by atoms with E-state index in [1.54, 1.807) is 0 Å². The summed E-state index contributed by atoms with van der Waals surface area (Å²) in [7, 11) is 0. The van der Waals surface area contributed by atoms with Crippen LogP contribution in [0.1, 0.15) is 29.2 Å². The van der Waals surface area contributed by atoms with Gasteiger partial charge in [0.05, 0.1) is 0 Å². The number of nitrogens with one attached hydrogen (secondary N) is 1. The molecule has 0 aromatic heterocycles. The molecule has 0 fully saturated rings. The van der Waals surface area contributed by atoms with Crippen LogP contribution in [0.2, 0.25) is 0 Å². The van der Waals surface area contributed by atoms with Crippen LogP contribution in [0, 0.1) is 13.8 Å². The van der Waals surface area contributed by atoms with Gasteiger partial charge in [-0.3, -0.25) is 0 Å². The van der Waals surface area contributed by atoms with Crippen LogP contribution in [0.25, 0.3) is 0 Å². The minimum absolute atomic E-state index is 0.929. The van der Waals surface area contributed by atoms with Gasteiger partial charge in [-0.2, -0.15) is 0 Å². The smallest absolute Gasteiger partial charge is 0.133 e. The first kappa shape index (κ1) is 12.1. The molecule has 0 saturated heterocycles. The van der Waals surface area contributed by atoms with Gasteiger partial charge >= 0.3 is 0 Å². The zero-order valence-corrected chi connectivity index (χ0v) is 11.7. The van der Waals surface area contributed by atoms with Crippen LogP contribution in [0.3, 0.4) is 0 Å². The van der Waals surface area contributed by atoms with E-state index in [1.807, 2.05) is 0 Å². The summed E-state index contributed by atoms with van der Waals surface area (Å²) in [6.45, 7) is 7.32. The van der Waals surface area contributed by atoms with Crippen molar-refractivity contribution in [1.82, 2.24) is 0 Å². The lowest BCUT2D eigenvalue weighted by Crippen LogP contribution is -2.09. The van der Waals surface area contributed by atoms with Crippen LogP contribution in [-0.2, 0) is 6.42 Å². The van der Waals surface area contributed by atoms with Crippen molar-refractivity contribution >= 4 is 5.69 Å². The highest BCUT2D eigenvalue weighted by Gasteiger charge is 2.20. The predicted molar refractivity (Wildman–Crippen MR) is 79.4 cm³/mol. The second-order valence-corrected chi connectivity index (χ2v) is 5.15. The molecule has 1 aliphatic heterocycles. The molecule has 0 saturated carbocycles. The summed E-state index contributed by atoms with van der Waals surface area (Å²) in [5.74, 6) is 1.97. The van der Waals surface area contributed by atoms with Crippen molar-refractivity contribution < 1.29 is 4.74 Å². The molecule has 1 aliphatic rings. The highest BCUT2D eigenvalue weighted by Crippen LogP contribution is 2.41. The fourth-order valence-corrected chi connectivity index (χ4v) is 2.69. The van der Waals surface area contributed by atoms with Gasteiger partial charge in [-0.25, -0.2) is 0 Å². The third-order valence-electron chi connectivity index (χ3n) is 3.63. The fraction of sp³-hybridized carbons (Fsp3) is 0.294. The first-order chi connectivity index (χ1) is 9.19. The molecule has 19 heavy (non-hydrogen) atoms. The molecule has 2 aromatic rings. The first-order valence-corrected chi connectivity index (χ1v) is 6.82. The van der Waals surface area contributed by atoms with Crippen LogP contribution < -0.4 is 10.1 Å². The second kappa shape index (κ2) is 4.61. The summed E-state index contributed by atoms with van der Waals surface area (Å²) < 4.78 is 6.03. The van der Waals surface area contributed by atoms with E-state index in [0.29, 0.717) is 0 Å². The molecule has 2 heteroatoms. The van der Waals surface area contributed by atoms with Gasteiger partial charge in [-0.05, 0) is 44.0 Å². The summed E-state index contributed by atoms with van der Waals surface area (Å²) in [4.78, 5) is 0. The largest absolute Gasteiger partial charge is 0.457 e. The van der Waals surface area contributed by atoms with Crippen molar-refractivity contribution in [2.24, 2.45) is 0 Å². The molecule has 0 radical (unpaired) electrons. The molecule has 1 N–H and O–H groups in total. The Morgan fingerprint density at radius 2 is 1.89 bits per heavy atom. The van der Waals surface area contributed by atoms with Crippen molar-refractivity contribution in [1.29, 1.82) is 0 Å². The number of fused-ring (bicyclic) bond motifs is 2. The van der Waals surface area contributed by atoms with E-state index in [0.717, 1.165) is 24.5 Å². The van der Waals surface area contributed by atoms with Crippen LogP contribution in [0.4, 0.5) is 5.69 Å². The summed E-state index contributed by atoms with van der Waals surface area (Å²) in [5.41, 5.74) is 6.34. The minimum Gasteiger partial charge on any atom is -0.457 e. The Hall–Kier alpha value is -1.96. The summed E-state index contributed by atoms with van der Waals surface area (Å²) >= 11 is 0. The maximum absolute atomic E-state index is 6.03. The van der Waals surface area contributed by atoms with E-state index in [4.69, 9.17) is 4.74 Å². The number of anilines is 1. The lowest BCUT2D eigenvalue weighted by molar-refractivity contribution is 0.460.